The Morgan fingerprint density at radius 1 is 1.47 bits per heavy atom. The monoisotopic (exact) mass is 226 g/mol. The molecular formula is C15H18N2. The topological polar surface area (TPSA) is 49.8 Å². The zero-order chi connectivity index (χ0) is 12.7. The van der Waals surface area contributed by atoms with Crippen LogP contribution in [0.15, 0.2) is 36.4 Å². The van der Waals surface area contributed by atoms with Gasteiger partial charge in [0.1, 0.15) is 0 Å². The van der Waals surface area contributed by atoms with E-state index >= 15 is 0 Å². The summed E-state index contributed by atoms with van der Waals surface area (Å²) in [6.07, 6.45) is 8.28. The summed E-state index contributed by atoms with van der Waals surface area (Å²) in [6, 6.07) is 7.52. The van der Waals surface area contributed by atoms with Gasteiger partial charge >= 0.3 is 0 Å². The number of benzene rings is 1. The normalized spacial score (nSPS) is 11.7. The third-order valence-electron chi connectivity index (χ3n) is 2.49. The van der Waals surface area contributed by atoms with Gasteiger partial charge in [0.15, 0.2) is 0 Å². The molecule has 1 aromatic rings. The molecule has 0 fully saturated rings. The van der Waals surface area contributed by atoms with Gasteiger partial charge in [-0.2, -0.15) is 5.26 Å². The van der Waals surface area contributed by atoms with E-state index in [9.17, 15) is 0 Å². The number of allylic oxidation sites excluding steroid dienone is 4. The summed E-state index contributed by atoms with van der Waals surface area (Å²) in [5.74, 6) is 0. The Bertz CT molecular complexity index is 476. The second kappa shape index (κ2) is 6.55. The number of rotatable bonds is 4. The largest absolute Gasteiger partial charge is 0.398 e. The van der Waals surface area contributed by atoms with Gasteiger partial charge in [-0.25, -0.2) is 0 Å². The summed E-state index contributed by atoms with van der Waals surface area (Å²) < 4.78 is 0. The van der Waals surface area contributed by atoms with Crippen molar-refractivity contribution in [2.45, 2.75) is 26.7 Å². The highest BCUT2D eigenvalue weighted by molar-refractivity contribution is 5.81. The van der Waals surface area contributed by atoms with Crippen molar-refractivity contribution in [1.82, 2.24) is 0 Å². The Labute approximate surface area is 103 Å². The second-order valence-electron chi connectivity index (χ2n) is 3.86. The predicted octanol–water partition coefficient (Wildman–Crippen LogP) is 3.90. The second-order valence-corrected chi connectivity index (χ2v) is 3.86. The van der Waals surface area contributed by atoms with Gasteiger partial charge in [-0.1, -0.05) is 31.6 Å². The van der Waals surface area contributed by atoms with Crippen LogP contribution in [0.25, 0.3) is 5.57 Å². The molecule has 0 atom stereocenters. The van der Waals surface area contributed by atoms with Gasteiger partial charge in [-0.15, -0.1) is 0 Å². The van der Waals surface area contributed by atoms with Gasteiger partial charge in [0, 0.05) is 11.3 Å². The van der Waals surface area contributed by atoms with Crippen molar-refractivity contribution in [3.05, 3.63) is 47.6 Å². The van der Waals surface area contributed by atoms with E-state index in [-0.39, 0.29) is 0 Å². The first kappa shape index (κ1) is 13.1. The molecule has 2 heteroatoms. The van der Waals surface area contributed by atoms with Gasteiger partial charge in [0.05, 0.1) is 11.6 Å². The third-order valence-corrected chi connectivity index (χ3v) is 2.49. The van der Waals surface area contributed by atoms with Crippen LogP contribution in [-0.4, -0.2) is 0 Å². The Morgan fingerprint density at radius 3 is 2.82 bits per heavy atom. The molecule has 2 nitrogen and oxygen atoms in total. The van der Waals surface area contributed by atoms with E-state index in [0.29, 0.717) is 11.3 Å². The van der Waals surface area contributed by atoms with Gasteiger partial charge in [0.2, 0.25) is 0 Å². The van der Waals surface area contributed by atoms with E-state index in [1.54, 1.807) is 12.1 Å². The van der Waals surface area contributed by atoms with Crippen LogP contribution in [0.1, 0.15) is 37.8 Å². The molecule has 0 saturated heterocycles. The van der Waals surface area contributed by atoms with Gasteiger partial charge in [-0.05, 0) is 37.1 Å². The maximum Gasteiger partial charge on any atom is 0.0991 e. The fourth-order valence-electron chi connectivity index (χ4n) is 1.62. The van der Waals surface area contributed by atoms with Crippen LogP contribution in [0.4, 0.5) is 5.69 Å². The lowest BCUT2D eigenvalue weighted by atomic mass is 9.99. The van der Waals surface area contributed by atoms with Crippen LogP contribution in [0.2, 0.25) is 0 Å². The molecule has 0 unspecified atom stereocenters. The van der Waals surface area contributed by atoms with E-state index in [2.05, 4.69) is 19.1 Å². The molecule has 0 aliphatic rings. The number of anilines is 1. The average molecular weight is 226 g/mol. The van der Waals surface area contributed by atoms with Crippen molar-refractivity contribution in [2.24, 2.45) is 0 Å². The highest BCUT2D eigenvalue weighted by atomic mass is 14.6. The zero-order valence-corrected chi connectivity index (χ0v) is 10.4. The fourth-order valence-corrected chi connectivity index (χ4v) is 1.62. The van der Waals surface area contributed by atoms with Gasteiger partial charge in [-0.3, -0.25) is 0 Å². The van der Waals surface area contributed by atoms with Crippen molar-refractivity contribution in [2.75, 3.05) is 5.73 Å². The number of nitrogens with zero attached hydrogens (tertiary/aromatic N) is 1. The Balaban J connectivity index is 3.22. The van der Waals surface area contributed by atoms with E-state index < -0.39 is 0 Å². The van der Waals surface area contributed by atoms with Crippen LogP contribution in [0.3, 0.4) is 0 Å². The molecule has 0 heterocycles. The first-order valence-electron chi connectivity index (χ1n) is 5.85. The minimum Gasteiger partial charge on any atom is -0.398 e. The molecule has 0 aliphatic heterocycles. The van der Waals surface area contributed by atoms with Crippen LogP contribution >= 0.6 is 0 Å². The van der Waals surface area contributed by atoms with Gasteiger partial charge < -0.3 is 5.73 Å². The van der Waals surface area contributed by atoms with Gasteiger partial charge in [0.25, 0.3) is 0 Å². The van der Waals surface area contributed by atoms with Crippen molar-refractivity contribution in [1.29, 1.82) is 5.26 Å². The smallest absolute Gasteiger partial charge is 0.0991 e. The van der Waals surface area contributed by atoms with Crippen molar-refractivity contribution in [3.63, 3.8) is 0 Å². The molecule has 0 saturated carbocycles. The summed E-state index contributed by atoms with van der Waals surface area (Å²) >= 11 is 0. The summed E-state index contributed by atoms with van der Waals surface area (Å²) in [4.78, 5) is 0. The summed E-state index contributed by atoms with van der Waals surface area (Å²) in [7, 11) is 0. The highest BCUT2D eigenvalue weighted by Crippen LogP contribution is 2.24. The van der Waals surface area contributed by atoms with Crippen molar-refractivity contribution >= 4 is 11.3 Å². The van der Waals surface area contributed by atoms with E-state index in [4.69, 9.17) is 11.0 Å². The Morgan fingerprint density at radius 2 is 2.24 bits per heavy atom. The van der Waals surface area contributed by atoms with E-state index in [1.807, 2.05) is 25.1 Å². The molecule has 0 bridgehead atoms. The molecule has 0 amide bonds. The average Bonchev–Trinajstić information content (AvgIpc) is 2.35. The third kappa shape index (κ3) is 3.49. The molecule has 2 N–H and O–H groups in total. The van der Waals surface area contributed by atoms with Crippen LogP contribution in [-0.2, 0) is 0 Å². The molecule has 0 aliphatic carbocycles. The molecule has 17 heavy (non-hydrogen) atoms. The summed E-state index contributed by atoms with van der Waals surface area (Å²) in [5.41, 5.74) is 9.34. The lowest BCUT2D eigenvalue weighted by Crippen LogP contribution is -1.94. The van der Waals surface area contributed by atoms with Crippen LogP contribution < -0.4 is 5.73 Å². The molecule has 0 spiro atoms. The number of hydrogen-bond acceptors (Lipinski definition) is 2. The maximum absolute atomic E-state index is 8.91. The van der Waals surface area contributed by atoms with E-state index in [0.717, 1.165) is 24.0 Å². The first-order chi connectivity index (χ1) is 8.22. The van der Waals surface area contributed by atoms with Crippen LogP contribution in [0, 0.1) is 11.3 Å². The quantitative estimate of drug-likeness (QED) is 0.625. The zero-order valence-electron chi connectivity index (χ0n) is 10.4. The van der Waals surface area contributed by atoms with Crippen molar-refractivity contribution < 1.29 is 0 Å². The molecule has 1 rings (SSSR count). The first-order valence-corrected chi connectivity index (χ1v) is 5.85. The Kier molecular flexibility index (Phi) is 5.03. The summed E-state index contributed by atoms with van der Waals surface area (Å²) in [6.45, 7) is 4.11. The molecule has 0 aromatic heterocycles. The lowest BCUT2D eigenvalue weighted by Gasteiger charge is -2.07. The predicted molar refractivity (Wildman–Crippen MR) is 73.3 cm³/mol. The number of nitriles is 1. The molecule has 88 valence electrons. The molecule has 0 radical (unpaired) electrons. The number of nitrogens with two attached hydrogens (primary N) is 1. The molecule has 1 aromatic carbocycles. The maximum atomic E-state index is 8.91. The minimum atomic E-state index is 0.640. The van der Waals surface area contributed by atoms with Crippen molar-refractivity contribution in [3.8, 4) is 6.07 Å². The fraction of sp³-hybridized carbons (Fsp3) is 0.267. The van der Waals surface area contributed by atoms with E-state index in [1.165, 1.54) is 0 Å². The number of nitrogen functional groups attached to an aromatic ring is 1. The number of unbranched alkanes of at least 4 members (excludes halogenated alkanes) is 1. The van der Waals surface area contributed by atoms with Crippen LogP contribution in [0.5, 0.6) is 0 Å². The Hall–Kier alpha value is -2.01. The highest BCUT2D eigenvalue weighted by Gasteiger charge is 2.04. The minimum absolute atomic E-state index is 0.640. The molecular weight excluding hydrogens is 208 g/mol. The summed E-state index contributed by atoms with van der Waals surface area (Å²) in [5, 5.41) is 8.91. The SMILES string of the molecule is C/C=C\C(=C/CCC)c1cc(C#N)ccc1N. The lowest BCUT2D eigenvalue weighted by molar-refractivity contribution is 0.960. The standard InChI is InChI=1S/C15H18N2/c1-3-5-7-13(6-4-2)14-10-12(11-16)8-9-15(14)17/h4,6-10H,3,5,17H2,1-2H3/b6-4-,13-7+. The number of hydrogen-bond donors (Lipinski definition) is 1.